The predicted molar refractivity (Wildman–Crippen MR) is 84.8 cm³/mol. The second-order valence-electron chi connectivity index (χ2n) is 5.37. The number of carbonyl (C=O) groups is 2. The molecule has 3 amide bonds. The normalized spacial score (nSPS) is 17.2. The second kappa shape index (κ2) is 6.49. The Labute approximate surface area is 138 Å². The van der Waals surface area contributed by atoms with Crippen molar-refractivity contribution in [2.24, 2.45) is 0 Å². The van der Waals surface area contributed by atoms with Gasteiger partial charge in [-0.25, -0.2) is 19.4 Å². The minimum atomic E-state index is -0.359. The van der Waals surface area contributed by atoms with Crippen LogP contribution in [0.1, 0.15) is 19.4 Å². The first-order valence-electron chi connectivity index (χ1n) is 7.41. The second-order valence-corrected chi connectivity index (χ2v) is 5.37. The van der Waals surface area contributed by atoms with E-state index in [0.29, 0.717) is 17.1 Å². The number of rotatable bonds is 4. The lowest BCUT2D eigenvalue weighted by molar-refractivity contribution is -0.118. The summed E-state index contributed by atoms with van der Waals surface area (Å²) in [6.45, 7) is 3.75. The van der Waals surface area contributed by atoms with Crippen molar-refractivity contribution in [3.05, 3.63) is 47.8 Å². The van der Waals surface area contributed by atoms with Gasteiger partial charge in [0.25, 0.3) is 5.91 Å². The van der Waals surface area contributed by atoms with E-state index in [4.69, 9.17) is 0 Å². The number of urea groups is 1. The standard InChI is InChI=1S/C15H17N7O2/c1-9-12(10(2)21-15(24)20-9)14(23)18-6-11-4-3-5-17-13(11)22-8-16-7-19-22/h3-5,7-9H,6H2,1-2H3,(H,18,23)(H2,20,21,24). The highest BCUT2D eigenvalue weighted by molar-refractivity contribution is 5.98. The Morgan fingerprint density at radius 1 is 1.46 bits per heavy atom. The van der Waals surface area contributed by atoms with Gasteiger partial charge >= 0.3 is 6.03 Å². The van der Waals surface area contributed by atoms with Crippen LogP contribution in [0.3, 0.4) is 0 Å². The molecule has 0 spiro atoms. The van der Waals surface area contributed by atoms with E-state index < -0.39 is 0 Å². The SMILES string of the molecule is CC1=C(C(=O)NCc2cccnc2-n2cncn2)C(C)NC(=O)N1. The Bertz CT molecular complexity index is 798. The van der Waals surface area contributed by atoms with Crippen molar-refractivity contribution in [1.82, 2.24) is 35.7 Å². The van der Waals surface area contributed by atoms with Crippen LogP contribution in [0, 0.1) is 0 Å². The molecule has 0 aliphatic carbocycles. The topological polar surface area (TPSA) is 114 Å². The summed E-state index contributed by atoms with van der Waals surface area (Å²) in [5.74, 6) is 0.352. The molecule has 1 unspecified atom stereocenters. The van der Waals surface area contributed by atoms with Crippen molar-refractivity contribution in [2.45, 2.75) is 26.4 Å². The molecule has 24 heavy (non-hydrogen) atoms. The molecule has 0 saturated carbocycles. The maximum Gasteiger partial charge on any atom is 0.319 e. The van der Waals surface area contributed by atoms with Crippen LogP contribution in [0.2, 0.25) is 0 Å². The number of hydrogen-bond donors (Lipinski definition) is 3. The van der Waals surface area contributed by atoms with Gasteiger partial charge < -0.3 is 16.0 Å². The van der Waals surface area contributed by atoms with Gasteiger partial charge in [-0.1, -0.05) is 6.07 Å². The van der Waals surface area contributed by atoms with E-state index in [2.05, 4.69) is 31.0 Å². The summed E-state index contributed by atoms with van der Waals surface area (Å²) in [4.78, 5) is 32.1. The number of nitrogens with one attached hydrogen (secondary N) is 3. The molecule has 3 rings (SSSR count). The fraction of sp³-hybridized carbons (Fsp3) is 0.267. The van der Waals surface area contributed by atoms with Crippen LogP contribution in [0.15, 0.2) is 42.3 Å². The molecule has 124 valence electrons. The Kier molecular flexibility index (Phi) is 4.23. The largest absolute Gasteiger partial charge is 0.348 e. The molecular weight excluding hydrogens is 310 g/mol. The Morgan fingerprint density at radius 2 is 2.29 bits per heavy atom. The summed E-state index contributed by atoms with van der Waals surface area (Å²) in [7, 11) is 0. The van der Waals surface area contributed by atoms with Crippen LogP contribution in [0.4, 0.5) is 4.79 Å². The zero-order valence-electron chi connectivity index (χ0n) is 13.3. The number of aromatic nitrogens is 4. The van der Waals surface area contributed by atoms with Crippen LogP contribution in [-0.4, -0.2) is 37.7 Å². The van der Waals surface area contributed by atoms with Crippen LogP contribution < -0.4 is 16.0 Å². The van der Waals surface area contributed by atoms with Crippen molar-refractivity contribution < 1.29 is 9.59 Å². The molecule has 9 heteroatoms. The van der Waals surface area contributed by atoms with Crippen molar-refractivity contribution in [3.8, 4) is 5.82 Å². The Balaban J connectivity index is 1.76. The average Bonchev–Trinajstić information content (AvgIpc) is 3.06. The van der Waals surface area contributed by atoms with Gasteiger partial charge in [-0.2, -0.15) is 5.10 Å². The monoisotopic (exact) mass is 327 g/mol. The van der Waals surface area contributed by atoms with E-state index in [1.54, 1.807) is 32.4 Å². The van der Waals surface area contributed by atoms with Crippen LogP contribution >= 0.6 is 0 Å². The lowest BCUT2D eigenvalue weighted by atomic mass is 10.0. The smallest absolute Gasteiger partial charge is 0.319 e. The highest BCUT2D eigenvalue weighted by Gasteiger charge is 2.26. The van der Waals surface area contributed by atoms with Gasteiger partial charge in [0.15, 0.2) is 5.82 Å². The molecule has 0 saturated heterocycles. The lowest BCUT2D eigenvalue weighted by Crippen LogP contribution is -2.50. The summed E-state index contributed by atoms with van der Waals surface area (Å²) in [6.07, 6.45) is 4.62. The third-order valence-corrected chi connectivity index (χ3v) is 3.67. The van der Waals surface area contributed by atoms with Gasteiger partial charge in [-0.3, -0.25) is 4.79 Å². The molecule has 3 N–H and O–H groups in total. The average molecular weight is 327 g/mol. The van der Waals surface area contributed by atoms with E-state index in [1.807, 2.05) is 6.07 Å². The van der Waals surface area contributed by atoms with E-state index in [1.165, 1.54) is 11.0 Å². The minimum Gasteiger partial charge on any atom is -0.348 e. The molecule has 9 nitrogen and oxygen atoms in total. The first-order valence-corrected chi connectivity index (χ1v) is 7.41. The summed E-state index contributed by atoms with van der Waals surface area (Å²) in [6, 6.07) is 2.98. The molecule has 2 aromatic rings. The number of hydrogen-bond acceptors (Lipinski definition) is 5. The first-order chi connectivity index (χ1) is 11.6. The predicted octanol–water partition coefficient (Wildman–Crippen LogP) is 0.254. The van der Waals surface area contributed by atoms with Crippen LogP contribution in [0.5, 0.6) is 0 Å². The van der Waals surface area contributed by atoms with Gasteiger partial charge in [-0.15, -0.1) is 0 Å². The van der Waals surface area contributed by atoms with Crippen molar-refractivity contribution in [2.75, 3.05) is 0 Å². The van der Waals surface area contributed by atoms with E-state index in [-0.39, 0.29) is 24.5 Å². The molecule has 0 radical (unpaired) electrons. The molecule has 2 aromatic heterocycles. The van der Waals surface area contributed by atoms with Gasteiger partial charge in [0, 0.05) is 24.0 Å². The molecule has 1 aliphatic rings. The Hall–Kier alpha value is -3.23. The summed E-state index contributed by atoms with van der Waals surface area (Å²) in [5.41, 5.74) is 1.85. The van der Waals surface area contributed by atoms with Gasteiger partial charge in [0.2, 0.25) is 0 Å². The zero-order valence-corrected chi connectivity index (χ0v) is 13.3. The minimum absolute atomic E-state index is 0.249. The highest BCUT2D eigenvalue weighted by atomic mass is 16.2. The third-order valence-electron chi connectivity index (χ3n) is 3.67. The van der Waals surface area contributed by atoms with Gasteiger partial charge in [-0.05, 0) is 19.9 Å². The number of allylic oxidation sites excluding steroid dienone is 1. The Morgan fingerprint density at radius 3 is 3.00 bits per heavy atom. The first kappa shape index (κ1) is 15.7. The summed E-state index contributed by atoms with van der Waals surface area (Å²) >= 11 is 0. The molecule has 0 aromatic carbocycles. The van der Waals surface area contributed by atoms with Crippen molar-refractivity contribution in [3.63, 3.8) is 0 Å². The van der Waals surface area contributed by atoms with Crippen molar-refractivity contribution >= 4 is 11.9 Å². The molecule has 0 fully saturated rings. The summed E-state index contributed by atoms with van der Waals surface area (Å²) in [5, 5.41) is 12.2. The number of nitrogens with zero attached hydrogens (tertiary/aromatic N) is 4. The van der Waals surface area contributed by atoms with Gasteiger partial charge in [0.1, 0.15) is 12.7 Å². The maximum absolute atomic E-state index is 12.5. The maximum atomic E-state index is 12.5. The lowest BCUT2D eigenvalue weighted by Gasteiger charge is -2.25. The van der Waals surface area contributed by atoms with Crippen LogP contribution in [-0.2, 0) is 11.3 Å². The van der Waals surface area contributed by atoms with Crippen LogP contribution in [0.25, 0.3) is 5.82 Å². The van der Waals surface area contributed by atoms with E-state index in [0.717, 1.165) is 5.56 Å². The molecule has 3 heterocycles. The molecule has 1 atom stereocenters. The van der Waals surface area contributed by atoms with Gasteiger partial charge in [0.05, 0.1) is 11.6 Å². The summed E-state index contributed by atoms with van der Waals surface area (Å²) < 4.78 is 1.54. The number of carbonyl (C=O) groups excluding carboxylic acids is 2. The molecule has 0 bridgehead atoms. The van der Waals surface area contributed by atoms with E-state index >= 15 is 0 Å². The third kappa shape index (κ3) is 3.09. The zero-order chi connectivity index (χ0) is 17.1. The highest BCUT2D eigenvalue weighted by Crippen LogP contribution is 2.13. The quantitative estimate of drug-likeness (QED) is 0.745. The van der Waals surface area contributed by atoms with E-state index in [9.17, 15) is 9.59 Å². The fourth-order valence-corrected chi connectivity index (χ4v) is 2.60. The number of pyridine rings is 1. The van der Waals surface area contributed by atoms with Crippen molar-refractivity contribution in [1.29, 1.82) is 0 Å². The number of amides is 3. The molecule has 1 aliphatic heterocycles. The molecular formula is C15H17N7O2. The fourth-order valence-electron chi connectivity index (χ4n) is 2.60.